The average molecular weight is 712 g/mol. The van der Waals surface area contributed by atoms with Gasteiger partial charge in [-0.2, -0.15) is 0 Å². The number of anilines is 3. The highest BCUT2D eigenvalue weighted by atomic mass is 32.1. The number of fused-ring (bicyclic) bond motifs is 6. The lowest BCUT2D eigenvalue weighted by molar-refractivity contribution is 1.31. The normalized spacial score (nSPS) is 12.9. The van der Waals surface area contributed by atoms with Crippen molar-refractivity contribution in [2.75, 3.05) is 4.90 Å². The van der Waals surface area contributed by atoms with Gasteiger partial charge in [0, 0.05) is 26.6 Å². The highest BCUT2D eigenvalue weighted by Gasteiger charge is 2.40. The van der Waals surface area contributed by atoms with Crippen LogP contribution in [0, 0.1) is 0 Å². The van der Waals surface area contributed by atoms with Crippen LogP contribution in [0.1, 0.15) is 0 Å². The molecule has 1 aromatic heterocycles. The highest BCUT2D eigenvalue weighted by Crippen LogP contribution is 2.52. The van der Waals surface area contributed by atoms with Crippen molar-refractivity contribution in [3.05, 3.63) is 188 Å². The van der Waals surface area contributed by atoms with Gasteiger partial charge in [-0.1, -0.05) is 177 Å². The fourth-order valence-electron chi connectivity index (χ4n) is 8.66. The molecule has 252 valence electrons. The summed E-state index contributed by atoms with van der Waals surface area (Å²) in [5.74, 6) is 0. The minimum Gasteiger partial charge on any atom is -0.308 e. The van der Waals surface area contributed by atoms with Crippen LogP contribution in [0.3, 0.4) is 0 Å². The first kappa shape index (κ1) is 31.7. The molecule has 0 fully saturated rings. The Morgan fingerprint density at radius 1 is 0.377 bits per heavy atom. The average Bonchev–Trinajstić information content (AvgIpc) is 3.72. The third kappa shape index (κ3) is 5.03. The zero-order valence-electron chi connectivity index (χ0n) is 29.8. The Kier molecular flexibility index (Phi) is 7.53. The van der Waals surface area contributed by atoms with Gasteiger partial charge in [0.15, 0.2) is 0 Å². The van der Waals surface area contributed by atoms with E-state index >= 15 is 0 Å². The van der Waals surface area contributed by atoms with Gasteiger partial charge in [-0.3, -0.25) is 0 Å². The van der Waals surface area contributed by atoms with Gasteiger partial charge in [0.1, 0.15) is 8.07 Å². The molecule has 0 unspecified atom stereocenters. The molecule has 3 heteroatoms. The summed E-state index contributed by atoms with van der Waals surface area (Å²) >= 11 is 1.89. The maximum Gasteiger partial charge on any atom is 0.113 e. The summed E-state index contributed by atoms with van der Waals surface area (Å²) in [5.41, 5.74) is 13.6. The van der Waals surface area contributed by atoms with Crippen molar-refractivity contribution < 1.29 is 0 Å². The van der Waals surface area contributed by atoms with E-state index in [9.17, 15) is 0 Å². The van der Waals surface area contributed by atoms with Crippen molar-refractivity contribution in [3.8, 4) is 44.5 Å². The molecule has 1 aliphatic rings. The molecule has 10 rings (SSSR count). The van der Waals surface area contributed by atoms with Crippen LogP contribution in [-0.2, 0) is 0 Å². The molecule has 0 atom stereocenters. The Balaban J connectivity index is 1.36. The number of hydrogen-bond acceptors (Lipinski definition) is 2. The molecule has 0 amide bonds. The second kappa shape index (κ2) is 12.6. The van der Waals surface area contributed by atoms with Crippen molar-refractivity contribution in [2.24, 2.45) is 0 Å². The minimum absolute atomic E-state index is 1.16. The van der Waals surface area contributed by atoms with Gasteiger partial charge < -0.3 is 4.90 Å². The van der Waals surface area contributed by atoms with Gasteiger partial charge in [-0.25, -0.2) is 0 Å². The second-order valence-corrected chi connectivity index (χ2v) is 19.8. The van der Waals surface area contributed by atoms with Crippen LogP contribution < -0.4 is 15.3 Å². The Labute approximate surface area is 316 Å². The van der Waals surface area contributed by atoms with E-state index in [-0.39, 0.29) is 0 Å². The topological polar surface area (TPSA) is 3.24 Å². The summed E-state index contributed by atoms with van der Waals surface area (Å²) in [5, 5.41) is 5.60. The summed E-state index contributed by atoms with van der Waals surface area (Å²) in [6.45, 7) is 5.02. The molecule has 2 heterocycles. The lowest BCUT2D eigenvalue weighted by atomic mass is 9.87. The molecule has 9 aromatic rings. The van der Waals surface area contributed by atoms with Crippen LogP contribution in [0.5, 0.6) is 0 Å². The van der Waals surface area contributed by atoms with Gasteiger partial charge >= 0.3 is 0 Å². The molecular formula is C50H37NSSi. The summed E-state index contributed by atoms with van der Waals surface area (Å²) in [6, 6.07) is 69.5. The molecule has 53 heavy (non-hydrogen) atoms. The fourth-order valence-corrected chi connectivity index (χ4v) is 12.9. The van der Waals surface area contributed by atoms with Crippen LogP contribution in [0.4, 0.5) is 17.1 Å². The first-order valence-electron chi connectivity index (χ1n) is 18.4. The van der Waals surface area contributed by atoms with Gasteiger partial charge in [0.05, 0.1) is 21.8 Å². The van der Waals surface area contributed by atoms with E-state index in [1.807, 2.05) is 11.3 Å². The first-order chi connectivity index (χ1) is 26.1. The predicted octanol–water partition coefficient (Wildman–Crippen LogP) is 13.3. The van der Waals surface area contributed by atoms with E-state index in [1.165, 1.54) is 86.4 Å². The second-order valence-electron chi connectivity index (χ2n) is 14.4. The quantitative estimate of drug-likeness (QED) is 0.155. The molecule has 0 N–H and O–H groups in total. The molecule has 0 radical (unpaired) electrons. The van der Waals surface area contributed by atoms with Gasteiger partial charge in [0.25, 0.3) is 0 Å². The zero-order chi connectivity index (χ0) is 35.5. The molecule has 0 bridgehead atoms. The minimum atomic E-state index is -1.96. The van der Waals surface area contributed by atoms with Crippen molar-refractivity contribution in [1.82, 2.24) is 0 Å². The maximum atomic E-state index is 2.60. The molecule has 1 nitrogen and oxygen atoms in total. The van der Waals surface area contributed by atoms with Gasteiger partial charge in [0.2, 0.25) is 0 Å². The Bertz CT molecular complexity index is 2820. The van der Waals surface area contributed by atoms with Crippen molar-refractivity contribution in [2.45, 2.75) is 13.1 Å². The Morgan fingerprint density at radius 2 is 0.887 bits per heavy atom. The van der Waals surface area contributed by atoms with E-state index in [4.69, 9.17) is 0 Å². The fraction of sp³-hybridized carbons (Fsp3) is 0.0400. The number of benzene rings is 8. The lowest BCUT2D eigenvalue weighted by Crippen LogP contribution is -2.49. The summed E-state index contributed by atoms with van der Waals surface area (Å²) < 4.78 is 2.60. The Hall–Kier alpha value is -6.00. The van der Waals surface area contributed by atoms with E-state index in [0.29, 0.717) is 0 Å². The SMILES string of the molecule is C[Si]1(C)c2ccccc2-c2c(N(c3cccc(-c4ccccc4)c3-c3ccccc3-c3ccccc3)c3cccc4c3sc3ccccc34)cccc21. The monoisotopic (exact) mass is 711 g/mol. The third-order valence-corrected chi connectivity index (χ3v) is 15.9. The van der Waals surface area contributed by atoms with Crippen molar-refractivity contribution in [3.63, 3.8) is 0 Å². The van der Waals surface area contributed by atoms with E-state index in [2.05, 4.69) is 206 Å². The summed E-state index contributed by atoms with van der Waals surface area (Å²) in [4.78, 5) is 2.60. The molecule has 0 saturated heterocycles. The van der Waals surface area contributed by atoms with Crippen LogP contribution in [0.25, 0.3) is 64.7 Å². The molecule has 8 aromatic carbocycles. The van der Waals surface area contributed by atoms with Crippen LogP contribution in [0.2, 0.25) is 13.1 Å². The number of thiophene rings is 1. The molecule has 0 aliphatic carbocycles. The first-order valence-corrected chi connectivity index (χ1v) is 22.2. The van der Waals surface area contributed by atoms with Crippen molar-refractivity contribution >= 4 is 67.0 Å². The number of hydrogen-bond donors (Lipinski definition) is 0. The largest absolute Gasteiger partial charge is 0.308 e. The summed E-state index contributed by atoms with van der Waals surface area (Å²) in [7, 11) is -1.96. The summed E-state index contributed by atoms with van der Waals surface area (Å²) in [6.07, 6.45) is 0. The zero-order valence-corrected chi connectivity index (χ0v) is 31.6. The molecule has 0 saturated carbocycles. The number of rotatable bonds is 6. The highest BCUT2D eigenvalue weighted by molar-refractivity contribution is 7.26. The van der Waals surface area contributed by atoms with Crippen molar-refractivity contribution in [1.29, 1.82) is 0 Å². The Morgan fingerprint density at radius 3 is 1.66 bits per heavy atom. The maximum absolute atomic E-state index is 2.60. The molecule has 0 spiro atoms. The molecule has 1 aliphatic heterocycles. The standard InChI is InChI=1S/C50H37NSSi/c1-53(2)46-32-14-12-25-41(46)49-43(29-17-33-47(49)53)51(44-30-16-27-40-38-23-11-13-31-45(38)52-50(40)44)42-28-15-26-37(35-20-7-4-8-21-35)48(42)39-24-10-9-22-36(39)34-18-5-3-6-19-34/h3-33H,1-2H3. The van der Waals surface area contributed by atoms with Crippen LogP contribution in [0.15, 0.2) is 188 Å². The predicted molar refractivity (Wildman–Crippen MR) is 233 cm³/mol. The number of nitrogens with zero attached hydrogens (tertiary/aromatic N) is 1. The van der Waals surface area contributed by atoms with Gasteiger partial charge in [-0.15, -0.1) is 11.3 Å². The smallest absolute Gasteiger partial charge is 0.113 e. The molecular weight excluding hydrogens is 675 g/mol. The van der Waals surface area contributed by atoms with Crippen LogP contribution in [-0.4, -0.2) is 8.07 Å². The third-order valence-electron chi connectivity index (χ3n) is 11.1. The van der Waals surface area contributed by atoms with Crippen LogP contribution >= 0.6 is 11.3 Å². The van der Waals surface area contributed by atoms with Gasteiger partial charge in [-0.05, 0) is 68.0 Å². The lowest BCUT2D eigenvalue weighted by Gasteiger charge is -2.32. The van der Waals surface area contributed by atoms with E-state index in [0.717, 1.165) is 5.69 Å². The van der Waals surface area contributed by atoms with E-state index in [1.54, 1.807) is 0 Å². The van der Waals surface area contributed by atoms with E-state index < -0.39 is 8.07 Å².